The molecule has 1 N–H and O–H groups in total. The van der Waals surface area contributed by atoms with Crippen LogP contribution in [0.25, 0.3) is 11.3 Å². The van der Waals surface area contributed by atoms with Crippen molar-refractivity contribution in [3.8, 4) is 22.8 Å². The van der Waals surface area contributed by atoms with Crippen LogP contribution in [0.4, 0.5) is 0 Å². The Morgan fingerprint density at radius 1 is 0.952 bits per heavy atom. The summed E-state index contributed by atoms with van der Waals surface area (Å²) in [5.41, 5.74) is 3.13. The normalized spacial score (nSPS) is 19.2. The van der Waals surface area contributed by atoms with Crippen LogP contribution in [-0.2, 0) is 16.1 Å². The van der Waals surface area contributed by atoms with Gasteiger partial charge >= 0.3 is 0 Å². The first-order chi connectivity index (χ1) is 20.3. The van der Waals surface area contributed by atoms with Crippen LogP contribution in [0.3, 0.4) is 0 Å². The standard InChI is InChI=1S/C32H30N4O6/c1-20-11-12-23-14-27(20)41-24-10-6-7-21(13-24)19-40-29-17-36(16-26(29)33-30(37)18-35(2)31(23)38)32(39)25-15-28(42-34-25)22-8-4-3-5-9-22/h3-15,26,29H,16-19H2,1-2H3,(H,33,37)/t26-,29-/m0/s1. The van der Waals surface area contributed by atoms with Gasteiger partial charge in [0.1, 0.15) is 11.5 Å². The van der Waals surface area contributed by atoms with Crippen LogP contribution in [0.1, 0.15) is 32.0 Å². The maximum absolute atomic E-state index is 13.4. The second kappa shape index (κ2) is 11.5. The molecule has 1 saturated heterocycles. The minimum Gasteiger partial charge on any atom is -0.457 e. The van der Waals surface area contributed by atoms with Gasteiger partial charge in [0.2, 0.25) is 5.91 Å². The highest BCUT2D eigenvalue weighted by Gasteiger charge is 2.38. The first kappa shape index (κ1) is 27.2. The van der Waals surface area contributed by atoms with Crippen LogP contribution >= 0.6 is 0 Å². The van der Waals surface area contributed by atoms with Crippen LogP contribution in [0.2, 0.25) is 0 Å². The number of hydrogen-bond donors (Lipinski definition) is 1. The molecule has 1 aromatic heterocycles. The van der Waals surface area contributed by atoms with Crippen LogP contribution < -0.4 is 10.1 Å². The third-order valence-electron chi connectivity index (χ3n) is 7.44. The summed E-state index contributed by atoms with van der Waals surface area (Å²) in [6.45, 7) is 2.44. The highest BCUT2D eigenvalue weighted by Crippen LogP contribution is 2.28. The van der Waals surface area contributed by atoms with Crippen molar-refractivity contribution in [2.24, 2.45) is 0 Å². The fraction of sp³-hybridized carbons (Fsp3) is 0.250. The van der Waals surface area contributed by atoms with E-state index in [4.69, 9.17) is 14.0 Å². The van der Waals surface area contributed by atoms with E-state index in [1.54, 1.807) is 30.1 Å². The Morgan fingerprint density at radius 3 is 2.62 bits per heavy atom. The number of nitrogens with one attached hydrogen (secondary N) is 1. The molecule has 10 nitrogen and oxygen atoms in total. The molecule has 1 fully saturated rings. The second-order valence-electron chi connectivity index (χ2n) is 10.6. The molecule has 0 saturated carbocycles. The van der Waals surface area contributed by atoms with Crippen molar-refractivity contribution in [3.63, 3.8) is 0 Å². The van der Waals surface area contributed by atoms with E-state index in [0.717, 1.165) is 16.7 Å². The minimum absolute atomic E-state index is 0.164. The largest absolute Gasteiger partial charge is 0.457 e. The molecule has 0 spiro atoms. The van der Waals surface area contributed by atoms with Gasteiger partial charge in [0.25, 0.3) is 11.8 Å². The van der Waals surface area contributed by atoms with Crippen molar-refractivity contribution >= 4 is 17.7 Å². The lowest BCUT2D eigenvalue weighted by Gasteiger charge is -2.23. The molecule has 0 radical (unpaired) electrons. The van der Waals surface area contributed by atoms with Gasteiger partial charge in [0.05, 0.1) is 25.3 Å². The highest BCUT2D eigenvalue weighted by molar-refractivity contribution is 5.97. The van der Waals surface area contributed by atoms with Gasteiger partial charge in [-0.3, -0.25) is 14.4 Å². The van der Waals surface area contributed by atoms with Crippen LogP contribution in [0, 0.1) is 6.92 Å². The Morgan fingerprint density at radius 2 is 1.79 bits per heavy atom. The van der Waals surface area contributed by atoms with Gasteiger partial charge in [-0.05, 0) is 42.3 Å². The monoisotopic (exact) mass is 566 g/mol. The maximum Gasteiger partial charge on any atom is 0.276 e. The van der Waals surface area contributed by atoms with Gasteiger partial charge < -0.3 is 29.1 Å². The lowest BCUT2D eigenvalue weighted by molar-refractivity contribution is -0.123. The second-order valence-corrected chi connectivity index (χ2v) is 10.6. The van der Waals surface area contributed by atoms with Crippen molar-refractivity contribution < 1.29 is 28.4 Å². The average Bonchev–Trinajstić information content (AvgIpc) is 3.64. The van der Waals surface area contributed by atoms with E-state index in [0.29, 0.717) is 22.8 Å². The number of fused-ring (bicyclic) bond motifs is 5. The Hall–Kier alpha value is -4.96. The van der Waals surface area contributed by atoms with Gasteiger partial charge in [-0.1, -0.05) is 53.7 Å². The van der Waals surface area contributed by atoms with Gasteiger partial charge in [0, 0.05) is 37.3 Å². The van der Waals surface area contributed by atoms with E-state index in [9.17, 15) is 14.4 Å². The third-order valence-corrected chi connectivity index (χ3v) is 7.44. The first-order valence-corrected chi connectivity index (χ1v) is 13.7. The van der Waals surface area contributed by atoms with E-state index in [2.05, 4.69) is 10.5 Å². The molecule has 2 aliphatic rings. The molecule has 4 aromatic rings. The number of amides is 3. The van der Waals surface area contributed by atoms with Crippen molar-refractivity contribution in [2.75, 3.05) is 26.7 Å². The number of likely N-dealkylation sites (tertiary alicyclic amines) is 1. The number of benzene rings is 3. The summed E-state index contributed by atoms with van der Waals surface area (Å²) in [5.74, 6) is 0.656. The van der Waals surface area contributed by atoms with E-state index in [-0.39, 0.29) is 49.7 Å². The van der Waals surface area contributed by atoms with Gasteiger partial charge in [-0.25, -0.2) is 0 Å². The Balaban J connectivity index is 1.25. The zero-order valence-electron chi connectivity index (χ0n) is 23.3. The molecule has 42 heavy (non-hydrogen) atoms. The predicted molar refractivity (Wildman–Crippen MR) is 153 cm³/mol. The SMILES string of the molecule is Cc1ccc2cc1Oc1cccc(c1)CO[C@H]1CN(C(=O)c3cc(-c4ccccc4)on3)C[C@@H]1NC(=O)CN(C)C2=O. The number of carbonyl (C=O) groups excluding carboxylic acids is 3. The summed E-state index contributed by atoms with van der Waals surface area (Å²) < 4.78 is 17.8. The number of carbonyl (C=O) groups is 3. The van der Waals surface area contributed by atoms with Crippen LogP contribution in [0.15, 0.2) is 83.4 Å². The molecule has 2 aliphatic heterocycles. The maximum atomic E-state index is 13.4. The summed E-state index contributed by atoms with van der Waals surface area (Å²) in [6.07, 6.45) is -0.494. The van der Waals surface area contributed by atoms with Crippen molar-refractivity contribution in [2.45, 2.75) is 25.7 Å². The van der Waals surface area contributed by atoms with Gasteiger partial charge in [-0.2, -0.15) is 0 Å². The minimum atomic E-state index is -0.497. The predicted octanol–water partition coefficient (Wildman–Crippen LogP) is 4.05. The van der Waals surface area contributed by atoms with Gasteiger partial charge in [-0.15, -0.1) is 0 Å². The van der Waals surface area contributed by atoms with Crippen LogP contribution in [0.5, 0.6) is 11.5 Å². The van der Waals surface area contributed by atoms with Crippen molar-refractivity contribution in [1.29, 1.82) is 0 Å². The molecule has 3 aromatic carbocycles. The average molecular weight is 567 g/mol. The number of nitrogens with zero attached hydrogens (tertiary/aromatic N) is 3. The van der Waals surface area contributed by atoms with E-state index in [1.165, 1.54) is 4.90 Å². The van der Waals surface area contributed by atoms with Crippen molar-refractivity contribution in [1.82, 2.24) is 20.3 Å². The van der Waals surface area contributed by atoms with Crippen LogP contribution in [-0.4, -0.2) is 71.5 Å². The quantitative estimate of drug-likeness (QED) is 0.389. The lowest BCUT2D eigenvalue weighted by atomic mass is 10.1. The molecule has 3 amide bonds. The summed E-state index contributed by atoms with van der Waals surface area (Å²) in [5, 5.41) is 6.98. The number of rotatable bonds is 2. The van der Waals surface area contributed by atoms with E-state index < -0.39 is 12.1 Å². The topological polar surface area (TPSA) is 114 Å². The summed E-state index contributed by atoms with van der Waals surface area (Å²) >= 11 is 0. The molecule has 0 aliphatic carbocycles. The smallest absolute Gasteiger partial charge is 0.276 e. The molecule has 3 heterocycles. The lowest BCUT2D eigenvalue weighted by Crippen LogP contribution is -2.48. The van der Waals surface area contributed by atoms with E-state index >= 15 is 0 Å². The molecule has 2 atom stereocenters. The Labute approximate surface area is 242 Å². The fourth-order valence-electron chi connectivity index (χ4n) is 5.16. The third kappa shape index (κ3) is 5.75. The molecular formula is C32H30N4O6. The fourth-order valence-corrected chi connectivity index (χ4v) is 5.16. The highest BCUT2D eigenvalue weighted by atomic mass is 16.5. The molecular weight excluding hydrogens is 536 g/mol. The summed E-state index contributed by atoms with van der Waals surface area (Å²) in [7, 11) is 1.57. The molecule has 214 valence electrons. The molecule has 10 heteroatoms. The zero-order chi connectivity index (χ0) is 29.2. The number of ether oxygens (including phenoxy) is 2. The number of hydrogen-bond acceptors (Lipinski definition) is 7. The Bertz CT molecular complexity index is 1630. The molecule has 6 rings (SSSR count). The first-order valence-electron chi connectivity index (χ1n) is 13.7. The molecule has 0 unspecified atom stereocenters. The molecule has 4 bridgehead atoms. The zero-order valence-corrected chi connectivity index (χ0v) is 23.3. The van der Waals surface area contributed by atoms with E-state index in [1.807, 2.05) is 67.6 Å². The summed E-state index contributed by atoms with van der Waals surface area (Å²) in [6, 6.07) is 23.2. The van der Waals surface area contributed by atoms with Crippen molar-refractivity contribution in [3.05, 3.63) is 101 Å². The number of aromatic nitrogens is 1. The van der Waals surface area contributed by atoms with Gasteiger partial charge in [0.15, 0.2) is 11.5 Å². The number of likely N-dealkylation sites (N-methyl/N-ethyl adjacent to an activating group) is 1. The number of aryl methyl sites for hydroxylation is 1. The Kier molecular flexibility index (Phi) is 7.45. The summed E-state index contributed by atoms with van der Waals surface area (Å²) in [4.78, 5) is 42.6.